The Kier molecular flexibility index (Phi) is 4.25. The average molecular weight is 380 g/mol. The smallest absolute Gasteiger partial charge is 0.248 e. The summed E-state index contributed by atoms with van der Waals surface area (Å²) < 4.78 is 25.8. The van der Waals surface area contributed by atoms with E-state index < -0.39 is 6.43 Å². The average Bonchev–Trinajstić information content (AvgIpc) is 2.08. The lowest BCUT2D eigenvalue weighted by Crippen LogP contribution is -1.96. The molecule has 0 fully saturated rings. The summed E-state index contributed by atoms with van der Waals surface area (Å²) in [5.41, 5.74) is 0.476. The number of aromatic nitrogens is 1. The van der Waals surface area contributed by atoms with Crippen LogP contribution in [0.4, 0.5) is 8.78 Å². The van der Waals surface area contributed by atoms with E-state index in [2.05, 4.69) is 52.8 Å². The summed E-state index contributed by atoms with van der Waals surface area (Å²) in [6.45, 7) is 0. The summed E-state index contributed by atoms with van der Waals surface area (Å²) >= 11 is 9.26. The van der Waals surface area contributed by atoms with Gasteiger partial charge in [-0.1, -0.05) is 15.9 Å². The van der Waals surface area contributed by atoms with Crippen LogP contribution >= 0.6 is 47.8 Å². The molecule has 0 radical (unpaired) electrons. The molecule has 0 N–H and O–H groups in total. The molecule has 0 spiro atoms. The second-order valence-electron chi connectivity index (χ2n) is 2.24. The maximum absolute atomic E-state index is 12.6. The maximum atomic E-state index is 12.6. The van der Waals surface area contributed by atoms with Gasteiger partial charge < -0.3 is 0 Å². The van der Waals surface area contributed by atoms with E-state index >= 15 is 0 Å². The third-order valence-corrected chi connectivity index (χ3v) is 4.00. The third kappa shape index (κ3) is 2.47. The van der Waals surface area contributed by atoms with Crippen molar-refractivity contribution in [2.75, 3.05) is 0 Å². The topological polar surface area (TPSA) is 12.9 Å². The Labute approximate surface area is 99.3 Å². The molecule has 6 heteroatoms. The number of rotatable bonds is 2. The molecule has 0 aliphatic heterocycles. The second kappa shape index (κ2) is 4.79. The zero-order chi connectivity index (χ0) is 10.0. The number of nitrogens with zero attached hydrogens (tertiary/aromatic N) is 1. The first-order valence-corrected chi connectivity index (χ1v) is 5.95. The summed E-state index contributed by atoms with van der Waals surface area (Å²) in [6, 6.07) is 0. The Bertz CT molecular complexity index is 317. The molecule has 0 amide bonds. The van der Waals surface area contributed by atoms with Gasteiger partial charge in [-0.05, 0) is 37.4 Å². The SMILES string of the molecule is FC(F)c1c(CBr)cnc(Br)c1Br. The van der Waals surface area contributed by atoms with Crippen LogP contribution in [-0.2, 0) is 5.33 Å². The molecular weight excluding hydrogens is 376 g/mol. The minimum absolute atomic E-state index is 0.0150. The van der Waals surface area contributed by atoms with Gasteiger partial charge in [0.25, 0.3) is 6.43 Å². The predicted octanol–water partition coefficient (Wildman–Crippen LogP) is 4.44. The largest absolute Gasteiger partial charge is 0.265 e. The quantitative estimate of drug-likeness (QED) is 0.547. The van der Waals surface area contributed by atoms with E-state index in [9.17, 15) is 8.78 Å². The molecule has 0 bridgehead atoms. The van der Waals surface area contributed by atoms with Gasteiger partial charge in [-0.3, -0.25) is 0 Å². The van der Waals surface area contributed by atoms with Crippen LogP contribution in [0.3, 0.4) is 0 Å². The Balaban J connectivity index is 3.32. The first-order valence-electron chi connectivity index (χ1n) is 3.24. The number of hydrogen-bond acceptors (Lipinski definition) is 1. The normalized spacial score (nSPS) is 10.9. The van der Waals surface area contributed by atoms with Crippen LogP contribution in [0.1, 0.15) is 17.6 Å². The van der Waals surface area contributed by atoms with Gasteiger partial charge in [0.15, 0.2) is 0 Å². The van der Waals surface area contributed by atoms with Crippen molar-refractivity contribution >= 4 is 47.8 Å². The van der Waals surface area contributed by atoms with Gasteiger partial charge in [0, 0.05) is 17.1 Å². The van der Waals surface area contributed by atoms with Gasteiger partial charge >= 0.3 is 0 Å². The highest BCUT2D eigenvalue weighted by Gasteiger charge is 2.18. The van der Waals surface area contributed by atoms with Crippen molar-refractivity contribution < 1.29 is 8.78 Å². The summed E-state index contributed by atoms with van der Waals surface area (Å²) in [4.78, 5) is 3.90. The van der Waals surface area contributed by atoms with Crippen molar-refractivity contribution in [1.29, 1.82) is 0 Å². The van der Waals surface area contributed by atoms with Crippen molar-refractivity contribution in [2.24, 2.45) is 0 Å². The Morgan fingerprint density at radius 2 is 2.00 bits per heavy atom. The minimum Gasteiger partial charge on any atom is -0.248 e. The lowest BCUT2D eigenvalue weighted by molar-refractivity contribution is 0.149. The first kappa shape index (κ1) is 11.5. The van der Waals surface area contributed by atoms with Crippen molar-refractivity contribution in [3.05, 3.63) is 26.4 Å². The zero-order valence-corrected chi connectivity index (χ0v) is 11.0. The monoisotopic (exact) mass is 377 g/mol. The van der Waals surface area contributed by atoms with Gasteiger partial charge in [-0.15, -0.1) is 0 Å². The van der Waals surface area contributed by atoms with Crippen molar-refractivity contribution in [3.63, 3.8) is 0 Å². The molecule has 0 atom stereocenters. The molecule has 1 nitrogen and oxygen atoms in total. The van der Waals surface area contributed by atoms with Gasteiger partial charge in [0.05, 0.1) is 4.47 Å². The van der Waals surface area contributed by atoms with Crippen LogP contribution in [0.2, 0.25) is 0 Å². The van der Waals surface area contributed by atoms with E-state index in [0.29, 0.717) is 20.0 Å². The van der Waals surface area contributed by atoms with Crippen LogP contribution in [0, 0.1) is 0 Å². The van der Waals surface area contributed by atoms with E-state index in [1.165, 1.54) is 6.20 Å². The van der Waals surface area contributed by atoms with E-state index in [4.69, 9.17) is 0 Å². The van der Waals surface area contributed by atoms with E-state index in [-0.39, 0.29) is 5.56 Å². The highest BCUT2D eigenvalue weighted by atomic mass is 79.9. The van der Waals surface area contributed by atoms with E-state index in [0.717, 1.165) is 0 Å². The fourth-order valence-corrected chi connectivity index (χ4v) is 2.15. The van der Waals surface area contributed by atoms with E-state index in [1.807, 2.05) is 0 Å². The van der Waals surface area contributed by atoms with Crippen LogP contribution in [-0.4, -0.2) is 4.98 Å². The maximum Gasteiger partial charge on any atom is 0.265 e. The lowest BCUT2D eigenvalue weighted by atomic mass is 10.2. The number of alkyl halides is 3. The molecule has 13 heavy (non-hydrogen) atoms. The highest BCUT2D eigenvalue weighted by Crippen LogP contribution is 2.35. The fraction of sp³-hybridized carbons (Fsp3) is 0.286. The van der Waals surface area contributed by atoms with Crippen molar-refractivity contribution in [1.82, 2.24) is 4.98 Å². The molecule has 1 aromatic rings. The molecular formula is C7H4Br3F2N. The van der Waals surface area contributed by atoms with Gasteiger partial charge in [0.1, 0.15) is 4.60 Å². The number of hydrogen-bond donors (Lipinski definition) is 0. The van der Waals surface area contributed by atoms with Gasteiger partial charge in [-0.2, -0.15) is 0 Å². The molecule has 72 valence electrons. The number of pyridine rings is 1. The first-order chi connectivity index (χ1) is 6.07. The molecule has 0 aliphatic rings. The Morgan fingerprint density at radius 3 is 2.46 bits per heavy atom. The van der Waals surface area contributed by atoms with E-state index in [1.54, 1.807) is 0 Å². The van der Waals surface area contributed by atoms with Crippen LogP contribution in [0.5, 0.6) is 0 Å². The molecule has 0 saturated heterocycles. The molecule has 0 aromatic carbocycles. The minimum atomic E-state index is -2.50. The third-order valence-electron chi connectivity index (χ3n) is 1.46. The Hall–Kier alpha value is 0.450. The molecule has 1 heterocycles. The number of halogens is 5. The van der Waals surface area contributed by atoms with Crippen LogP contribution < -0.4 is 0 Å². The summed E-state index contributed by atoms with van der Waals surface area (Å²) in [7, 11) is 0. The molecule has 0 unspecified atom stereocenters. The van der Waals surface area contributed by atoms with Gasteiger partial charge in [0.2, 0.25) is 0 Å². The summed E-state index contributed by atoms with van der Waals surface area (Å²) in [5.74, 6) is 0. The van der Waals surface area contributed by atoms with Crippen LogP contribution in [0.15, 0.2) is 15.3 Å². The van der Waals surface area contributed by atoms with Crippen molar-refractivity contribution in [2.45, 2.75) is 11.8 Å². The molecule has 0 saturated carbocycles. The second-order valence-corrected chi connectivity index (χ2v) is 4.34. The molecule has 1 aromatic heterocycles. The summed E-state index contributed by atoms with van der Waals surface area (Å²) in [5, 5.41) is 0.367. The Morgan fingerprint density at radius 1 is 1.38 bits per heavy atom. The van der Waals surface area contributed by atoms with Crippen molar-refractivity contribution in [3.8, 4) is 0 Å². The zero-order valence-electron chi connectivity index (χ0n) is 6.20. The lowest BCUT2D eigenvalue weighted by Gasteiger charge is -2.08. The molecule has 0 aliphatic carbocycles. The molecule has 1 rings (SSSR count). The fourth-order valence-electron chi connectivity index (χ4n) is 0.855. The van der Waals surface area contributed by atoms with Crippen LogP contribution in [0.25, 0.3) is 0 Å². The highest BCUT2D eigenvalue weighted by molar-refractivity contribution is 9.13. The summed E-state index contributed by atoms with van der Waals surface area (Å²) in [6.07, 6.45) is -1.08. The predicted molar refractivity (Wildman–Crippen MR) is 57.2 cm³/mol. The van der Waals surface area contributed by atoms with Gasteiger partial charge in [-0.25, -0.2) is 13.8 Å². The standard InChI is InChI=1S/C7H4Br3F2N/c8-1-3-2-13-6(10)5(9)4(3)7(11)12/h2,7H,1H2.